The van der Waals surface area contributed by atoms with E-state index < -0.39 is 0 Å². The van der Waals surface area contributed by atoms with Crippen LogP contribution >= 0.6 is 11.3 Å². The van der Waals surface area contributed by atoms with E-state index in [1.807, 2.05) is 0 Å². The van der Waals surface area contributed by atoms with Crippen LogP contribution in [0.15, 0.2) is 17.8 Å². The molecule has 0 radical (unpaired) electrons. The van der Waals surface area contributed by atoms with Crippen LogP contribution in [0.1, 0.15) is 32.4 Å². The van der Waals surface area contributed by atoms with E-state index in [9.17, 15) is 0 Å². The Morgan fingerprint density at radius 2 is 2.25 bits per heavy atom. The number of aromatic nitrogens is 2. The van der Waals surface area contributed by atoms with Crippen LogP contribution in [0, 0.1) is 5.92 Å². The van der Waals surface area contributed by atoms with Crippen molar-refractivity contribution in [3.05, 3.63) is 23.5 Å². The summed E-state index contributed by atoms with van der Waals surface area (Å²) >= 11 is 1.68. The molecule has 0 fully saturated rings. The highest BCUT2D eigenvalue weighted by Crippen LogP contribution is 2.11. The predicted octanol–water partition coefficient (Wildman–Crippen LogP) is 2.92. The molecule has 0 aromatic carbocycles. The first-order chi connectivity index (χ1) is 7.83. The third kappa shape index (κ3) is 2.62. The first-order valence-electron chi connectivity index (χ1n) is 5.95. The SMILES string of the molecule is CCC(CC)CNCc1cn2ccsc2n1. The molecule has 0 saturated heterocycles. The second-order valence-corrected chi connectivity index (χ2v) is 5.01. The summed E-state index contributed by atoms with van der Waals surface area (Å²) in [6.07, 6.45) is 6.66. The predicted molar refractivity (Wildman–Crippen MR) is 68.8 cm³/mol. The fourth-order valence-corrected chi connectivity index (χ4v) is 2.56. The third-order valence-corrected chi connectivity index (χ3v) is 3.81. The number of nitrogens with one attached hydrogen (secondary N) is 1. The zero-order valence-electron chi connectivity index (χ0n) is 9.94. The third-order valence-electron chi connectivity index (χ3n) is 3.04. The van der Waals surface area contributed by atoms with E-state index in [2.05, 4.69) is 46.3 Å². The highest BCUT2D eigenvalue weighted by Gasteiger charge is 2.04. The maximum absolute atomic E-state index is 4.54. The molecule has 0 amide bonds. The molecule has 1 N–H and O–H groups in total. The highest BCUT2D eigenvalue weighted by atomic mass is 32.1. The van der Waals surface area contributed by atoms with Gasteiger partial charge in [0.2, 0.25) is 0 Å². The Morgan fingerprint density at radius 1 is 1.44 bits per heavy atom. The van der Waals surface area contributed by atoms with Gasteiger partial charge < -0.3 is 5.32 Å². The second-order valence-electron chi connectivity index (χ2n) is 4.14. The molecule has 2 heterocycles. The Kier molecular flexibility index (Phi) is 3.96. The molecule has 2 aromatic rings. The topological polar surface area (TPSA) is 29.3 Å². The van der Waals surface area contributed by atoms with Crippen molar-refractivity contribution in [2.75, 3.05) is 6.54 Å². The number of rotatable bonds is 6. The van der Waals surface area contributed by atoms with E-state index in [0.717, 1.165) is 29.7 Å². The Hall–Kier alpha value is -0.870. The molecule has 88 valence electrons. The average Bonchev–Trinajstić information content (AvgIpc) is 2.84. The van der Waals surface area contributed by atoms with Crippen LogP contribution in [0.2, 0.25) is 0 Å². The van der Waals surface area contributed by atoms with Gasteiger partial charge in [-0.25, -0.2) is 4.98 Å². The lowest BCUT2D eigenvalue weighted by Crippen LogP contribution is -2.21. The minimum atomic E-state index is 0.795. The Labute approximate surface area is 101 Å². The molecule has 0 aliphatic heterocycles. The van der Waals surface area contributed by atoms with Crippen LogP contribution in [0.4, 0.5) is 0 Å². The first kappa shape index (κ1) is 11.6. The standard InChI is InChI=1S/C12H19N3S/c1-3-10(4-2)7-13-8-11-9-15-5-6-16-12(15)14-11/h5-6,9-10,13H,3-4,7-8H2,1-2H3. The lowest BCUT2D eigenvalue weighted by molar-refractivity contribution is 0.448. The first-order valence-corrected chi connectivity index (χ1v) is 6.83. The molecular weight excluding hydrogens is 218 g/mol. The molecule has 0 aliphatic carbocycles. The molecule has 0 bridgehead atoms. The van der Waals surface area contributed by atoms with Gasteiger partial charge in [-0.1, -0.05) is 26.7 Å². The summed E-state index contributed by atoms with van der Waals surface area (Å²) in [6, 6.07) is 0. The van der Waals surface area contributed by atoms with Gasteiger partial charge in [0, 0.05) is 24.3 Å². The van der Waals surface area contributed by atoms with Crippen molar-refractivity contribution in [2.45, 2.75) is 33.2 Å². The maximum Gasteiger partial charge on any atom is 0.193 e. The molecule has 0 saturated carbocycles. The van der Waals surface area contributed by atoms with Gasteiger partial charge in [-0.15, -0.1) is 11.3 Å². The molecule has 0 spiro atoms. The number of thiazole rings is 1. The van der Waals surface area contributed by atoms with E-state index in [1.54, 1.807) is 11.3 Å². The molecule has 0 atom stereocenters. The van der Waals surface area contributed by atoms with Crippen LogP contribution in [-0.2, 0) is 6.54 Å². The van der Waals surface area contributed by atoms with E-state index in [-0.39, 0.29) is 0 Å². The van der Waals surface area contributed by atoms with Gasteiger partial charge in [0.1, 0.15) is 0 Å². The number of hydrogen-bond donors (Lipinski definition) is 1. The van der Waals surface area contributed by atoms with Gasteiger partial charge in [0.15, 0.2) is 4.96 Å². The molecule has 0 unspecified atom stereocenters. The summed E-state index contributed by atoms with van der Waals surface area (Å²) in [6.45, 7) is 6.48. The average molecular weight is 237 g/mol. The van der Waals surface area contributed by atoms with Crippen molar-refractivity contribution in [1.29, 1.82) is 0 Å². The normalized spacial score (nSPS) is 11.7. The van der Waals surface area contributed by atoms with Gasteiger partial charge in [-0.2, -0.15) is 0 Å². The maximum atomic E-state index is 4.54. The Morgan fingerprint density at radius 3 is 2.94 bits per heavy atom. The van der Waals surface area contributed by atoms with Gasteiger partial charge in [-0.3, -0.25) is 4.40 Å². The van der Waals surface area contributed by atoms with Gasteiger partial charge in [0.25, 0.3) is 0 Å². The fourth-order valence-electron chi connectivity index (χ4n) is 1.84. The summed E-state index contributed by atoms with van der Waals surface area (Å²) in [7, 11) is 0. The second kappa shape index (κ2) is 5.46. The van der Waals surface area contributed by atoms with E-state index in [1.165, 1.54) is 12.8 Å². The van der Waals surface area contributed by atoms with Crippen molar-refractivity contribution in [3.63, 3.8) is 0 Å². The zero-order chi connectivity index (χ0) is 11.4. The van der Waals surface area contributed by atoms with Crippen molar-refractivity contribution in [3.8, 4) is 0 Å². The molecule has 4 heteroatoms. The lowest BCUT2D eigenvalue weighted by atomic mass is 10.0. The van der Waals surface area contributed by atoms with Crippen molar-refractivity contribution < 1.29 is 0 Å². The van der Waals surface area contributed by atoms with Crippen LogP contribution in [0.25, 0.3) is 4.96 Å². The van der Waals surface area contributed by atoms with Crippen molar-refractivity contribution >= 4 is 16.3 Å². The van der Waals surface area contributed by atoms with E-state index in [4.69, 9.17) is 0 Å². The molecular formula is C12H19N3S. The van der Waals surface area contributed by atoms with Gasteiger partial charge in [-0.05, 0) is 12.5 Å². The minimum absolute atomic E-state index is 0.795. The monoisotopic (exact) mass is 237 g/mol. The highest BCUT2D eigenvalue weighted by molar-refractivity contribution is 7.15. The molecule has 0 aliphatic rings. The quantitative estimate of drug-likeness (QED) is 0.837. The summed E-state index contributed by atoms with van der Waals surface area (Å²) in [5.74, 6) is 0.795. The summed E-state index contributed by atoms with van der Waals surface area (Å²) in [4.78, 5) is 5.62. The van der Waals surface area contributed by atoms with Crippen LogP contribution < -0.4 is 5.32 Å². The molecule has 2 rings (SSSR count). The largest absolute Gasteiger partial charge is 0.311 e. The van der Waals surface area contributed by atoms with Crippen molar-refractivity contribution in [2.24, 2.45) is 5.92 Å². The number of hydrogen-bond acceptors (Lipinski definition) is 3. The minimum Gasteiger partial charge on any atom is -0.311 e. The number of imidazole rings is 1. The zero-order valence-corrected chi connectivity index (χ0v) is 10.8. The van der Waals surface area contributed by atoms with E-state index >= 15 is 0 Å². The number of fused-ring (bicyclic) bond motifs is 1. The summed E-state index contributed by atoms with van der Waals surface area (Å²) in [5, 5.41) is 5.54. The van der Waals surface area contributed by atoms with Crippen LogP contribution in [-0.4, -0.2) is 15.9 Å². The summed E-state index contributed by atoms with van der Waals surface area (Å²) in [5.41, 5.74) is 1.14. The van der Waals surface area contributed by atoms with Gasteiger partial charge >= 0.3 is 0 Å². The van der Waals surface area contributed by atoms with Crippen LogP contribution in [0.5, 0.6) is 0 Å². The smallest absolute Gasteiger partial charge is 0.193 e. The van der Waals surface area contributed by atoms with Gasteiger partial charge in [0.05, 0.1) is 5.69 Å². The fraction of sp³-hybridized carbons (Fsp3) is 0.583. The van der Waals surface area contributed by atoms with Crippen molar-refractivity contribution in [1.82, 2.24) is 14.7 Å². The Balaban J connectivity index is 1.84. The number of nitrogens with zero attached hydrogens (tertiary/aromatic N) is 2. The summed E-state index contributed by atoms with van der Waals surface area (Å²) < 4.78 is 2.08. The molecule has 2 aromatic heterocycles. The lowest BCUT2D eigenvalue weighted by Gasteiger charge is -2.12. The molecule has 16 heavy (non-hydrogen) atoms. The molecule has 3 nitrogen and oxygen atoms in total. The van der Waals surface area contributed by atoms with E-state index in [0.29, 0.717) is 0 Å². The Bertz CT molecular complexity index is 400. The van der Waals surface area contributed by atoms with Crippen LogP contribution in [0.3, 0.4) is 0 Å².